The Balaban J connectivity index is 2.94. The molecule has 1 rings (SSSR count). The van der Waals surface area contributed by atoms with E-state index < -0.39 is 12.0 Å². The highest BCUT2D eigenvalue weighted by molar-refractivity contribution is 5.33. The molecule has 0 aliphatic rings. The molecule has 1 aromatic carbocycles. The Morgan fingerprint density at radius 2 is 2.07 bits per heavy atom. The summed E-state index contributed by atoms with van der Waals surface area (Å²) in [5.41, 5.74) is 2.01. The van der Waals surface area contributed by atoms with E-state index in [9.17, 15) is 5.11 Å². The van der Waals surface area contributed by atoms with Gasteiger partial charge in [0, 0.05) is 0 Å². The molecule has 80 valence electrons. The number of nitrogens with zero attached hydrogens (tertiary/aromatic N) is 1. The second-order valence-corrected chi connectivity index (χ2v) is 3.82. The van der Waals surface area contributed by atoms with Crippen LogP contribution in [0.2, 0.25) is 0 Å². The minimum absolute atomic E-state index is 0.397. The summed E-state index contributed by atoms with van der Waals surface area (Å²) in [5, 5.41) is 19.0. The van der Waals surface area contributed by atoms with Crippen LogP contribution >= 0.6 is 0 Å². The predicted octanol–water partition coefficient (Wildman–Crippen LogP) is 2.76. The van der Waals surface area contributed by atoms with Crippen molar-refractivity contribution in [1.82, 2.24) is 0 Å². The van der Waals surface area contributed by atoms with Gasteiger partial charge < -0.3 is 5.11 Å². The van der Waals surface area contributed by atoms with Crippen LogP contribution in [0.25, 0.3) is 0 Å². The summed E-state index contributed by atoms with van der Waals surface area (Å²) in [6.45, 7) is 3.98. The van der Waals surface area contributed by atoms with Gasteiger partial charge in [-0.15, -0.1) is 0 Å². The van der Waals surface area contributed by atoms with Crippen molar-refractivity contribution in [3.8, 4) is 6.07 Å². The summed E-state index contributed by atoms with van der Waals surface area (Å²) < 4.78 is 0. The lowest BCUT2D eigenvalue weighted by Crippen LogP contribution is -2.17. The van der Waals surface area contributed by atoms with E-state index in [4.69, 9.17) is 5.26 Å². The van der Waals surface area contributed by atoms with Gasteiger partial charge in [-0.05, 0) is 24.5 Å². The van der Waals surface area contributed by atoms with Crippen LogP contribution in [0, 0.1) is 18.3 Å². The molecule has 0 radical (unpaired) electrons. The van der Waals surface area contributed by atoms with Gasteiger partial charge in [0.2, 0.25) is 0 Å². The molecular formula is C13H17NO. The number of nitriles is 1. The molecule has 15 heavy (non-hydrogen) atoms. The number of hydrogen-bond donors (Lipinski definition) is 1. The van der Waals surface area contributed by atoms with E-state index in [1.165, 1.54) is 0 Å². The van der Waals surface area contributed by atoms with Crippen LogP contribution in [0.4, 0.5) is 0 Å². The Labute approximate surface area is 91.2 Å². The molecule has 2 unspecified atom stereocenters. The highest BCUT2D eigenvalue weighted by Crippen LogP contribution is 2.24. The maximum atomic E-state index is 9.86. The quantitative estimate of drug-likeness (QED) is 0.817. The normalized spacial score (nSPS) is 14.3. The number of hydrogen-bond acceptors (Lipinski definition) is 2. The molecular weight excluding hydrogens is 186 g/mol. The molecule has 0 heterocycles. The van der Waals surface area contributed by atoms with Crippen molar-refractivity contribution in [3.05, 3.63) is 35.4 Å². The zero-order valence-electron chi connectivity index (χ0n) is 9.27. The van der Waals surface area contributed by atoms with Gasteiger partial charge in [0.1, 0.15) is 0 Å². The van der Waals surface area contributed by atoms with E-state index >= 15 is 0 Å². The van der Waals surface area contributed by atoms with Crippen LogP contribution in [0.15, 0.2) is 24.3 Å². The monoisotopic (exact) mass is 203 g/mol. The van der Waals surface area contributed by atoms with E-state index in [1.54, 1.807) is 0 Å². The van der Waals surface area contributed by atoms with Crippen molar-refractivity contribution in [1.29, 1.82) is 5.26 Å². The molecule has 0 amide bonds. The maximum Gasteiger partial charge on any atom is 0.0974 e. The first-order valence-electron chi connectivity index (χ1n) is 5.34. The van der Waals surface area contributed by atoms with Crippen molar-refractivity contribution in [3.63, 3.8) is 0 Å². The topological polar surface area (TPSA) is 44.0 Å². The summed E-state index contributed by atoms with van der Waals surface area (Å²) in [7, 11) is 0. The van der Waals surface area contributed by atoms with Gasteiger partial charge in [-0.1, -0.05) is 37.6 Å². The first kappa shape index (κ1) is 11.7. The van der Waals surface area contributed by atoms with E-state index in [1.807, 2.05) is 38.1 Å². The second kappa shape index (κ2) is 5.53. The zero-order chi connectivity index (χ0) is 11.3. The fourth-order valence-electron chi connectivity index (χ4n) is 1.76. The highest BCUT2D eigenvalue weighted by atomic mass is 16.3. The Morgan fingerprint density at radius 1 is 1.40 bits per heavy atom. The molecule has 1 N–H and O–H groups in total. The first-order chi connectivity index (χ1) is 7.20. The molecule has 0 aliphatic heterocycles. The lowest BCUT2D eigenvalue weighted by atomic mass is 9.89. The number of benzene rings is 1. The minimum atomic E-state index is -0.555. The van der Waals surface area contributed by atoms with E-state index in [0.717, 1.165) is 17.5 Å². The average Bonchev–Trinajstić information content (AvgIpc) is 2.22. The van der Waals surface area contributed by atoms with Crippen molar-refractivity contribution in [2.45, 2.75) is 38.7 Å². The number of aliphatic hydroxyl groups is 1. The fraction of sp³-hybridized carbons (Fsp3) is 0.462. The van der Waals surface area contributed by atoms with Crippen molar-refractivity contribution in [2.24, 2.45) is 0 Å². The van der Waals surface area contributed by atoms with Gasteiger partial charge in [-0.2, -0.15) is 5.26 Å². The molecule has 0 aromatic heterocycles. The van der Waals surface area contributed by atoms with Gasteiger partial charge in [0.05, 0.1) is 18.1 Å². The van der Waals surface area contributed by atoms with Crippen LogP contribution in [0.1, 0.15) is 36.8 Å². The standard InChI is InChI=1S/C13H17NO/c1-3-6-13(15)12(9-14)11-8-5-4-7-10(11)2/h4-5,7-8,12-13,15H,3,6H2,1-2H3. The Bertz CT molecular complexity index is 354. The van der Waals surface area contributed by atoms with Crippen LogP contribution in [-0.4, -0.2) is 11.2 Å². The molecule has 2 heteroatoms. The summed E-state index contributed by atoms with van der Waals surface area (Å²) >= 11 is 0. The third-order valence-electron chi connectivity index (χ3n) is 2.63. The molecule has 0 bridgehead atoms. The summed E-state index contributed by atoms with van der Waals surface area (Å²) in [4.78, 5) is 0. The smallest absolute Gasteiger partial charge is 0.0974 e. The third-order valence-corrected chi connectivity index (χ3v) is 2.63. The third kappa shape index (κ3) is 2.81. The second-order valence-electron chi connectivity index (χ2n) is 3.82. The Hall–Kier alpha value is -1.33. The maximum absolute atomic E-state index is 9.86. The van der Waals surface area contributed by atoms with E-state index in [2.05, 4.69) is 6.07 Å². The molecule has 0 saturated carbocycles. The summed E-state index contributed by atoms with van der Waals surface area (Å²) in [6.07, 6.45) is 1.01. The molecule has 0 spiro atoms. The van der Waals surface area contributed by atoms with Crippen molar-refractivity contribution >= 4 is 0 Å². The first-order valence-corrected chi connectivity index (χ1v) is 5.34. The van der Waals surface area contributed by atoms with Gasteiger partial charge in [0.15, 0.2) is 0 Å². The predicted molar refractivity (Wildman–Crippen MR) is 60.4 cm³/mol. The minimum Gasteiger partial charge on any atom is -0.391 e. The lowest BCUT2D eigenvalue weighted by molar-refractivity contribution is 0.150. The van der Waals surface area contributed by atoms with Crippen LogP contribution in [-0.2, 0) is 0 Å². The molecule has 0 aliphatic carbocycles. The molecule has 0 saturated heterocycles. The van der Waals surface area contributed by atoms with E-state index in [-0.39, 0.29) is 0 Å². The van der Waals surface area contributed by atoms with Crippen molar-refractivity contribution < 1.29 is 5.11 Å². The van der Waals surface area contributed by atoms with Crippen molar-refractivity contribution in [2.75, 3.05) is 0 Å². The van der Waals surface area contributed by atoms with Crippen LogP contribution < -0.4 is 0 Å². The number of rotatable bonds is 4. The van der Waals surface area contributed by atoms with E-state index in [0.29, 0.717) is 6.42 Å². The number of aryl methyl sites for hydroxylation is 1. The summed E-state index contributed by atoms with van der Waals surface area (Å²) in [6, 6.07) is 9.94. The van der Waals surface area contributed by atoms with Gasteiger partial charge in [-0.25, -0.2) is 0 Å². The van der Waals surface area contributed by atoms with Crippen LogP contribution in [0.3, 0.4) is 0 Å². The molecule has 2 atom stereocenters. The SMILES string of the molecule is CCCC(O)C(C#N)c1ccccc1C. The molecule has 2 nitrogen and oxygen atoms in total. The summed E-state index contributed by atoms with van der Waals surface area (Å²) in [5.74, 6) is -0.397. The average molecular weight is 203 g/mol. The zero-order valence-corrected chi connectivity index (χ0v) is 9.27. The highest BCUT2D eigenvalue weighted by Gasteiger charge is 2.21. The van der Waals surface area contributed by atoms with Gasteiger partial charge >= 0.3 is 0 Å². The lowest BCUT2D eigenvalue weighted by Gasteiger charge is -2.17. The Morgan fingerprint density at radius 3 is 2.60 bits per heavy atom. The Kier molecular flexibility index (Phi) is 4.33. The molecule has 1 aromatic rings. The molecule has 0 fully saturated rings. The fourth-order valence-corrected chi connectivity index (χ4v) is 1.76. The largest absolute Gasteiger partial charge is 0.391 e. The van der Waals surface area contributed by atoms with Crippen LogP contribution in [0.5, 0.6) is 0 Å². The number of aliphatic hydroxyl groups excluding tert-OH is 1. The van der Waals surface area contributed by atoms with Gasteiger partial charge in [0.25, 0.3) is 0 Å². The van der Waals surface area contributed by atoms with Gasteiger partial charge in [-0.3, -0.25) is 0 Å².